The molecule has 0 aliphatic carbocycles. The fraction of sp³-hybridized carbons (Fsp3) is 0.267. The van der Waals surface area contributed by atoms with E-state index in [1.165, 1.54) is 30.5 Å². The smallest absolute Gasteiger partial charge is 0.406 e. The zero-order valence-electron chi connectivity index (χ0n) is 12.7. The average molecular weight is 340 g/mol. The predicted octanol–water partition coefficient (Wildman–Crippen LogP) is 2.74. The lowest BCUT2D eigenvalue weighted by molar-refractivity contribution is -0.274. The first-order valence-electron chi connectivity index (χ1n) is 7.07. The van der Waals surface area contributed by atoms with E-state index in [0.717, 1.165) is 0 Å². The summed E-state index contributed by atoms with van der Waals surface area (Å²) in [5.74, 6) is -0.477. The normalized spacial score (nSPS) is 11.0. The van der Waals surface area contributed by atoms with Gasteiger partial charge in [-0.15, -0.1) is 13.2 Å². The van der Waals surface area contributed by atoms with Crippen LogP contribution >= 0.6 is 0 Å². The number of nitrogens with one attached hydrogen (secondary N) is 2. The highest BCUT2D eigenvalue weighted by molar-refractivity contribution is 5.92. The number of carbonyl (C=O) groups excluding carboxylic acids is 1. The minimum Gasteiger partial charge on any atom is -0.406 e. The SMILES string of the molecule is CCNc1nccc(C(=O)NCc2cccc(OC(F)(F)F)c2)n1. The Bertz CT molecular complexity index is 707. The molecule has 0 radical (unpaired) electrons. The molecule has 0 bridgehead atoms. The molecule has 0 aliphatic rings. The van der Waals surface area contributed by atoms with Gasteiger partial charge in [-0.1, -0.05) is 12.1 Å². The third-order valence-electron chi connectivity index (χ3n) is 2.81. The van der Waals surface area contributed by atoms with E-state index in [1.54, 1.807) is 6.07 Å². The molecule has 9 heteroatoms. The minimum absolute atomic E-state index is 0.0361. The zero-order valence-corrected chi connectivity index (χ0v) is 12.7. The first kappa shape index (κ1) is 17.5. The molecule has 2 aromatic rings. The van der Waals surface area contributed by atoms with Crippen LogP contribution in [0.25, 0.3) is 0 Å². The van der Waals surface area contributed by atoms with Crippen molar-refractivity contribution in [3.05, 3.63) is 47.8 Å². The molecule has 1 aromatic carbocycles. The van der Waals surface area contributed by atoms with Crippen LogP contribution in [0.4, 0.5) is 19.1 Å². The molecular weight excluding hydrogens is 325 g/mol. The molecule has 0 saturated heterocycles. The van der Waals surface area contributed by atoms with Crippen molar-refractivity contribution in [2.24, 2.45) is 0 Å². The molecule has 1 heterocycles. The summed E-state index contributed by atoms with van der Waals surface area (Å²) in [6, 6.07) is 6.83. The summed E-state index contributed by atoms with van der Waals surface area (Å²) < 4.78 is 40.4. The third kappa shape index (κ3) is 5.41. The van der Waals surface area contributed by atoms with Gasteiger partial charge in [-0.3, -0.25) is 4.79 Å². The van der Waals surface area contributed by atoms with Crippen LogP contribution in [-0.2, 0) is 6.54 Å². The topological polar surface area (TPSA) is 76.1 Å². The van der Waals surface area contributed by atoms with Gasteiger partial charge in [0, 0.05) is 19.3 Å². The highest BCUT2D eigenvalue weighted by atomic mass is 19.4. The Labute approximate surface area is 136 Å². The van der Waals surface area contributed by atoms with Gasteiger partial charge in [0.15, 0.2) is 0 Å². The molecule has 2 N–H and O–H groups in total. The Morgan fingerprint density at radius 2 is 2.08 bits per heavy atom. The van der Waals surface area contributed by atoms with Gasteiger partial charge in [-0.2, -0.15) is 0 Å². The molecule has 24 heavy (non-hydrogen) atoms. The van der Waals surface area contributed by atoms with Crippen molar-refractivity contribution >= 4 is 11.9 Å². The Morgan fingerprint density at radius 3 is 2.79 bits per heavy atom. The second kappa shape index (κ2) is 7.62. The lowest BCUT2D eigenvalue weighted by Crippen LogP contribution is -2.24. The number of benzene rings is 1. The van der Waals surface area contributed by atoms with Crippen LogP contribution in [0.15, 0.2) is 36.5 Å². The number of halogens is 3. The number of alkyl halides is 3. The van der Waals surface area contributed by atoms with Gasteiger partial charge in [0.05, 0.1) is 0 Å². The molecule has 128 valence electrons. The summed E-state index contributed by atoms with van der Waals surface area (Å²) in [5, 5.41) is 5.46. The van der Waals surface area contributed by atoms with E-state index < -0.39 is 12.3 Å². The minimum atomic E-state index is -4.76. The van der Waals surface area contributed by atoms with E-state index >= 15 is 0 Å². The summed E-state index contributed by atoms with van der Waals surface area (Å²) in [6.07, 6.45) is -3.32. The van der Waals surface area contributed by atoms with Gasteiger partial charge in [0.25, 0.3) is 5.91 Å². The maximum atomic E-state index is 12.2. The van der Waals surface area contributed by atoms with Crippen molar-refractivity contribution in [2.75, 3.05) is 11.9 Å². The molecule has 1 amide bonds. The predicted molar refractivity (Wildman–Crippen MR) is 80.5 cm³/mol. The van der Waals surface area contributed by atoms with E-state index in [1.807, 2.05) is 6.92 Å². The number of carbonyl (C=O) groups is 1. The van der Waals surface area contributed by atoms with E-state index in [-0.39, 0.29) is 18.0 Å². The maximum absolute atomic E-state index is 12.2. The molecule has 0 spiro atoms. The molecule has 0 aliphatic heterocycles. The van der Waals surface area contributed by atoms with Crippen molar-refractivity contribution in [3.63, 3.8) is 0 Å². The van der Waals surface area contributed by atoms with E-state index in [4.69, 9.17) is 0 Å². The molecule has 1 aromatic heterocycles. The number of amides is 1. The second-order valence-corrected chi connectivity index (χ2v) is 4.67. The molecule has 0 saturated carbocycles. The van der Waals surface area contributed by atoms with Gasteiger partial charge in [-0.05, 0) is 30.7 Å². The van der Waals surface area contributed by atoms with Crippen molar-refractivity contribution in [1.82, 2.24) is 15.3 Å². The second-order valence-electron chi connectivity index (χ2n) is 4.67. The summed E-state index contributed by atoms with van der Waals surface area (Å²) >= 11 is 0. The van der Waals surface area contributed by atoms with E-state index in [2.05, 4.69) is 25.3 Å². The maximum Gasteiger partial charge on any atom is 0.573 e. The van der Waals surface area contributed by atoms with E-state index in [0.29, 0.717) is 18.1 Å². The van der Waals surface area contributed by atoms with Gasteiger partial charge >= 0.3 is 6.36 Å². The van der Waals surface area contributed by atoms with Gasteiger partial charge in [-0.25, -0.2) is 9.97 Å². The summed E-state index contributed by atoms with van der Waals surface area (Å²) in [7, 11) is 0. The number of anilines is 1. The standard InChI is InChI=1S/C15H15F3N4O2/c1-2-19-14-20-7-6-12(22-14)13(23)21-9-10-4-3-5-11(8-10)24-15(16,17)18/h3-8H,2,9H2,1H3,(H,21,23)(H,19,20,22). The lowest BCUT2D eigenvalue weighted by atomic mass is 10.2. The number of rotatable bonds is 6. The van der Waals surface area contributed by atoms with Crippen molar-refractivity contribution in [3.8, 4) is 5.75 Å². The van der Waals surface area contributed by atoms with Gasteiger partial charge in [0.1, 0.15) is 11.4 Å². The van der Waals surface area contributed by atoms with Crippen LogP contribution in [0.3, 0.4) is 0 Å². The van der Waals surface area contributed by atoms with Crippen LogP contribution in [0.2, 0.25) is 0 Å². The van der Waals surface area contributed by atoms with Crippen molar-refractivity contribution in [1.29, 1.82) is 0 Å². The molecule has 0 atom stereocenters. The molecular formula is C15H15F3N4O2. The number of hydrogen-bond donors (Lipinski definition) is 2. The van der Waals surface area contributed by atoms with E-state index in [9.17, 15) is 18.0 Å². The number of aromatic nitrogens is 2. The van der Waals surface area contributed by atoms with Crippen LogP contribution in [0.5, 0.6) is 5.75 Å². The Kier molecular flexibility index (Phi) is 5.56. The van der Waals surface area contributed by atoms with Crippen LogP contribution in [0, 0.1) is 0 Å². The fourth-order valence-corrected chi connectivity index (χ4v) is 1.85. The molecule has 0 fully saturated rings. The third-order valence-corrected chi connectivity index (χ3v) is 2.81. The highest BCUT2D eigenvalue weighted by Crippen LogP contribution is 2.23. The highest BCUT2D eigenvalue weighted by Gasteiger charge is 2.31. The first-order chi connectivity index (χ1) is 11.4. The first-order valence-corrected chi connectivity index (χ1v) is 7.07. The fourth-order valence-electron chi connectivity index (χ4n) is 1.85. The largest absolute Gasteiger partial charge is 0.573 e. The Hall–Kier alpha value is -2.84. The lowest BCUT2D eigenvalue weighted by Gasteiger charge is -2.10. The average Bonchev–Trinajstić information content (AvgIpc) is 2.52. The summed E-state index contributed by atoms with van der Waals surface area (Å²) in [5.41, 5.74) is 0.620. The van der Waals surface area contributed by atoms with Gasteiger partial charge in [0.2, 0.25) is 5.95 Å². The van der Waals surface area contributed by atoms with Gasteiger partial charge < -0.3 is 15.4 Å². The number of ether oxygens (including phenoxy) is 1. The molecule has 0 unspecified atom stereocenters. The van der Waals surface area contributed by atoms with Crippen LogP contribution < -0.4 is 15.4 Å². The molecule has 6 nitrogen and oxygen atoms in total. The van der Waals surface area contributed by atoms with Crippen molar-refractivity contribution in [2.45, 2.75) is 19.8 Å². The monoisotopic (exact) mass is 340 g/mol. The number of hydrogen-bond acceptors (Lipinski definition) is 5. The van der Waals surface area contributed by atoms with Crippen LogP contribution in [0.1, 0.15) is 23.0 Å². The quantitative estimate of drug-likeness (QED) is 0.846. The van der Waals surface area contributed by atoms with Crippen molar-refractivity contribution < 1.29 is 22.7 Å². The Balaban J connectivity index is 1.99. The van der Waals surface area contributed by atoms with Crippen LogP contribution in [-0.4, -0.2) is 28.8 Å². The molecule has 2 rings (SSSR count). The summed E-state index contributed by atoms with van der Waals surface area (Å²) in [4.78, 5) is 20.0. The number of nitrogens with zero attached hydrogens (tertiary/aromatic N) is 2. The Morgan fingerprint density at radius 1 is 1.29 bits per heavy atom. The summed E-state index contributed by atoms with van der Waals surface area (Å²) in [6.45, 7) is 2.51. The zero-order chi connectivity index (χ0) is 17.6.